The van der Waals surface area contributed by atoms with Crippen LogP contribution < -0.4 is 15.9 Å². The van der Waals surface area contributed by atoms with Crippen molar-refractivity contribution in [3.05, 3.63) is 91.0 Å². The molecule has 0 aromatic heterocycles. The Hall–Kier alpha value is -2.44. The summed E-state index contributed by atoms with van der Waals surface area (Å²) < 4.78 is 5.54. The summed E-state index contributed by atoms with van der Waals surface area (Å²) in [5, 5.41) is 3.62. The Balaban J connectivity index is 2.35. The minimum Gasteiger partial charge on any atom is -0.429 e. The predicted octanol–water partition coefficient (Wildman–Crippen LogP) is 3.50. The van der Waals surface area contributed by atoms with Gasteiger partial charge in [0, 0.05) is 6.92 Å². The van der Waals surface area contributed by atoms with Crippen molar-refractivity contribution in [2.45, 2.75) is 12.8 Å². The van der Waals surface area contributed by atoms with E-state index in [0.717, 1.165) is 0 Å². The summed E-state index contributed by atoms with van der Waals surface area (Å²) >= 11 is 0. The van der Waals surface area contributed by atoms with Gasteiger partial charge in [0.05, 0.1) is 0 Å². The first kappa shape index (κ1) is 16.4. The third kappa shape index (κ3) is 2.86. The first-order valence-corrected chi connectivity index (χ1v) is 9.80. The van der Waals surface area contributed by atoms with Crippen LogP contribution in [0.25, 0.3) is 0 Å². The Morgan fingerprint density at radius 1 is 0.708 bits per heavy atom. The summed E-state index contributed by atoms with van der Waals surface area (Å²) in [5.41, 5.74) is 0. The fraction of sp³-hybridized carbons (Fsp3) is 0.0952. The molecule has 0 saturated carbocycles. The van der Waals surface area contributed by atoms with Gasteiger partial charge in [-0.2, -0.15) is 0 Å². The minimum atomic E-state index is -2.11. The van der Waals surface area contributed by atoms with Crippen molar-refractivity contribution in [3.8, 4) is 0 Å². The quantitative estimate of drug-likeness (QED) is 0.509. The normalized spacial score (nSPS) is 12.4. The highest BCUT2D eigenvalue weighted by atomic mass is 31.2. The maximum Gasteiger partial charge on any atom is 0.296 e. The molecule has 0 aliphatic carbocycles. The van der Waals surface area contributed by atoms with E-state index in [1.54, 1.807) is 0 Å². The van der Waals surface area contributed by atoms with Crippen molar-refractivity contribution in [1.82, 2.24) is 0 Å². The second-order valence-corrected chi connectivity index (χ2v) is 9.28. The van der Waals surface area contributed by atoms with Gasteiger partial charge in [0.25, 0.3) is 6.47 Å². The van der Waals surface area contributed by atoms with Crippen LogP contribution in [0.3, 0.4) is 0 Å². The molecule has 24 heavy (non-hydrogen) atoms. The SMILES string of the molecule is CC(OC=O)[P+](c1ccccc1)(c1ccccc1)c1ccccc1. The molecule has 0 N–H and O–H groups in total. The van der Waals surface area contributed by atoms with Crippen LogP contribution in [0.4, 0.5) is 0 Å². The van der Waals surface area contributed by atoms with Crippen molar-refractivity contribution < 1.29 is 9.53 Å². The van der Waals surface area contributed by atoms with Crippen molar-refractivity contribution in [1.29, 1.82) is 0 Å². The van der Waals surface area contributed by atoms with Crippen molar-refractivity contribution in [3.63, 3.8) is 0 Å². The monoisotopic (exact) mass is 335 g/mol. The van der Waals surface area contributed by atoms with Gasteiger partial charge in [-0.15, -0.1) is 0 Å². The van der Waals surface area contributed by atoms with Gasteiger partial charge in [0.2, 0.25) is 5.85 Å². The van der Waals surface area contributed by atoms with Crippen LogP contribution in [0.5, 0.6) is 0 Å². The Bertz CT molecular complexity index is 676. The average molecular weight is 335 g/mol. The highest BCUT2D eigenvalue weighted by molar-refractivity contribution is 7.96. The molecule has 2 nitrogen and oxygen atoms in total. The van der Waals surface area contributed by atoms with Crippen LogP contribution in [0.15, 0.2) is 91.0 Å². The highest BCUT2D eigenvalue weighted by Crippen LogP contribution is 2.59. The number of hydrogen-bond donors (Lipinski definition) is 0. The molecule has 0 fully saturated rings. The molecule has 3 rings (SSSR count). The van der Waals surface area contributed by atoms with Crippen molar-refractivity contribution in [2.24, 2.45) is 0 Å². The second kappa shape index (κ2) is 7.42. The summed E-state index contributed by atoms with van der Waals surface area (Å²) in [6.07, 6.45) is 0. The minimum absolute atomic E-state index is 0.248. The number of ether oxygens (including phenoxy) is 1. The maximum absolute atomic E-state index is 11.2. The molecule has 1 atom stereocenters. The van der Waals surface area contributed by atoms with E-state index in [0.29, 0.717) is 6.47 Å². The molecule has 0 bridgehead atoms. The molecule has 0 heterocycles. The number of carbonyl (C=O) groups excluding carboxylic acids is 1. The first-order valence-electron chi connectivity index (χ1n) is 7.95. The molecule has 0 radical (unpaired) electrons. The van der Waals surface area contributed by atoms with Gasteiger partial charge in [-0.05, 0) is 36.4 Å². The zero-order valence-electron chi connectivity index (χ0n) is 13.6. The fourth-order valence-electron chi connectivity index (χ4n) is 3.24. The lowest BCUT2D eigenvalue weighted by Crippen LogP contribution is -2.38. The number of hydrogen-bond acceptors (Lipinski definition) is 2. The topological polar surface area (TPSA) is 26.3 Å². The Morgan fingerprint density at radius 3 is 1.33 bits per heavy atom. The fourth-order valence-corrected chi connectivity index (χ4v) is 7.55. The summed E-state index contributed by atoms with van der Waals surface area (Å²) in [4.78, 5) is 11.2. The molecular formula is C21H20O2P+. The second-order valence-electron chi connectivity index (χ2n) is 5.56. The lowest BCUT2D eigenvalue weighted by Gasteiger charge is -2.31. The van der Waals surface area contributed by atoms with Crippen LogP contribution in [0.2, 0.25) is 0 Å². The van der Waals surface area contributed by atoms with Gasteiger partial charge in [-0.25, -0.2) is 0 Å². The van der Waals surface area contributed by atoms with E-state index < -0.39 is 7.26 Å². The number of rotatable bonds is 6. The third-order valence-corrected chi connectivity index (χ3v) is 8.84. The lowest BCUT2D eigenvalue weighted by molar-refractivity contribution is -0.129. The van der Waals surface area contributed by atoms with Crippen LogP contribution in [0.1, 0.15) is 6.92 Å². The smallest absolute Gasteiger partial charge is 0.296 e. The van der Waals surface area contributed by atoms with Crippen molar-refractivity contribution >= 4 is 29.6 Å². The Labute approximate surface area is 143 Å². The summed E-state index contributed by atoms with van der Waals surface area (Å²) in [6.45, 7) is 2.56. The lowest BCUT2D eigenvalue weighted by atomic mass is 10.4. The van der Waals surface area contributed by atoms with E-state index in [1.165, 1.54) is 15.9 Å². The molecule has 120 valence electrons. The molecule has 3 aromatic rings. The van der Waals surface area contributed by atoms with E-state index in [2.05, 4.69) is 36.4 Å². The molecule has 3 aromatic carbocycles. The van der Waals surface area contributed by atoms with Crippen LogP contribution in [-0.2, 0) is 9.53 Å². The van der Waals surface area contributed by atoms with Gasteiger partial charge in [0.1, 0.15) is 15.9 Å². The Morgan fingerprint density at radius 2 is 1.04 bits per heavy atom. The van der Waals surface area contributed by atoms with E-state index in [1.807, 2.05) is 61.5 Å². The summed E-state index contributed by atoms with van der Waals surface area (Å²) in [5.74, 6) is -0.248. The van der Waals surface area contributed by atoms with E-state index in [4.69, 9.17) is 4.74 Å². The van der Waals surface area contributed by atoms with Gasteiger partial charge < -0.3 is 4.74 Å². The van der Waals surface area contributed by atoms with Crippen LogP contribution >= 0.6 is 7.26 Å². The third-order valence-electron chi connectivity index (χ3n) is 4.29. The summed E-state index contributed by atoms with van der Waals surface area (Å²) in [6, 6.07) is 31.1. The van der Waals surface area contributed by atoms with Crippen LogP contribution in [-0.4, -0.2) is 12.3 Å². The molecule has 3 heteroatoms. The van der Waals surface area contributed by atoms with Gasteiger partial charge in [-0.1, -0.05) is 54.6 Å². The summed E-state index contributed by atoms with van der Waals surface area (Å²) in [7, 11) is -2.11. The van der Waals surface area contributed by atoms with Crippen molar-refractivity contribution in [2.75, 3.05) is 0 Å². The average Bonchev–Trinajstić information content (AvgIpc) is 2.65. The molecule has 0 aliphatic heterocycles. The predicted molar refractivity (Wildman–Crippen MR) is 102 cm³/mol. The highest BCUT2D eigenvalue weighted by Gasteiger charge is 2.51. The largest absolute Gasteiger partial charge is 0.429 e. The molecule has 0 saturated heterocycles. The maximum atomic E-state index is 11.2. The van der Waals surface area contributed by atoms with Gasteiger partial charge >= 0.3 is 0 Å². The molecule has 0 aliphatic rings. The zero-order chi connectivity index (χ0) is 16.8. The molecular weight excluding hydrogens is 315 g/mol. The number of carbonyl (C=O) groups is 1. The van der Waals surface area contributed by atoms with E-state index in [9.17, 15) is 4.79 Å². The molecule has 0 amide bonds. The van der Waals surface area contributed by atoms with Gasteiger partial charge in [0.15, 0.2) is 7.26 Å². The standard InChI is InChI=1S/C21H20O2P/c1-18(23-17-22)24(19-11-5-2-6-12-19,20-13-7-3-8-14-20)21-15-9-4-10-16-21/h2-18H,1H3/q+1. The zero-order valence-corrected chi connectivity index (χ0v) is 14.5. The number of benzene rings is 3. The molecule has 1 unspecified atom stereocenters. The Kier molecular flexibility index (Phi) is 5.08. The van der Waals surface area contributed by atoms with Gasteiger partial charge in [-0.3, -0.25) is 4.79 Å². The molecule has 0 spiro atoms. The van der Waals surface area contributed by atoms with E-state index in [-0.39, 0.29) is 5.85 Å². The van der Waals surface area contributed by atoms with Crippen LogP contribution in [0, 0.1) is 0 Å². The van der Waals surface area contributed by atoms with E-state index >= 15 is 0 Å². The first-order chi connectivity index (χ1) is 11.8.